The van der Waals surface area contributed by atoms with E-state index < -0.39 is 0 Å². The van der Waals surface area contributed by atoms with Crippen LogP contribution in [0.2, 0.25) is 0 Å². The lowest BCUT2D eigenvalue weighted by Gasteiger charge is -2.01. The Morgan fingerprint density at radius 3 is 3.00 bits per heavy atom. The molecule has 0 amide bonds. The summed E-state index contributed by atoms with van der Waals surface area (Å²) in [5.74, 6) is 0.578. The summed E-state index contributed by atoms with van der Waals surface area (Å²) >= 11 is 0. The fourth-order valence-corrected chi connectivity index (χ4v) is 1.46. The molecule has 2 rings (SSSR count). The molecule has 1 aliphatic carbocycles. The SMILES string of the molecule is COc1nccnc1/C=C/CCNC1CC1. The molecule has 16 heavy (non-hydrogen) atoms. The first-order chi connectivity index (χ1) is 7.90. The Labute approximate surface area is 95.8 Å². The highest BCUT2D eigenvalue weighted by Gasteiger charge is 2.19. The Morgan fingerprint density at radius 2 is 2.25 bits per heavy atom. The monoisotopic (exact) mass is 219 g/mol. The van der Waals surface area contributed by atoms with E-state index in [1.54, 1.807) is 19.5 Å². The number of aromatic nitrogens is 2. The van der Waals surface area contributed by atoms with Crippen LogP contribution in [0.1, 0.15) is 25.0 Å². The highest BCUT2D eigenvalue weighted by Crippen LogP contribution is 2.18. The third-order valence-corrected chi connectivity index (χ3v) is 2.48. The minimum atomic E-state index is 0.578. The number of hydrogen-bond donors (Lipinski definition) is 1. The van der Waals surface area contributed by atoms with Crippen molar-refractivity contribution in [1.29, 1.82) is 0 Å². The highest BCUT2D eigenvalue weighted by molar-refractivity contribution is 5.49. The van der Waals surface area contributed by atoms with Crippen molar-refractivity contribution in [3.05, 3.63) is 24.2 Å². The fourth-order valence-electron chi connectivity index (χ4n) is 1.46. The summed E-state index contributed by atoms with van der Waals surface area (Å²) in [7, 11) is 1.61. The lowest BCUT2D eigenvalue weighted by molar-refractivity contribution is 0.394. The minimum absolute atomic E-state index is 0.578. The van der Waals surface area contributed by atoms with E-state index >= 15 is 0 Å². The van der Waals surface area contributed by atoms with Crippen LogP contribution >= 0.6 is 0 Å². The van der Waals surface area contributed by atoms with Gasteiger partial charge in [0.25, 0.3) is 0 Å². The van der Waals surface area contributed by atoms with Crippen LogP contribution in [0.25, 0.3) is 6.08 Å². The summed E-state index contributed by atoms with van der Waals surface area (Å²) in [5.41, 5.74) is 0.788. The van der Waals surface area contributed by atoms with Crippen LogP contribution in [0.15, 0.2) is 18.5 Å². The first-order valence-corrected chi connectivity index (χ1v) is 5.65. The van der Waals surface area contributed by atoms with Gasteiger partial charge in [-0.25, -0.2) is 9.97 Å². The highest BCUT2D eigenvalue weighted by atomic mass is 16.5. The van der Waals surface area contributed by atoms with Gasteiger partial charge >= 0.3 is 0 Å². The van der Waals surface area contributed by atoms with Gasteiger partial charge in [-0.3, -0.25) is 0 Å². The molecule has 0 atom stereocenters. The summed E-state index contributed by atoms with van der Waals surface area (Å²) in [6.07, 6.45) is 11.0. The maximum Gasteiger partial charge on any atom is 0.239 e. The molecule has 1 aromatic heterocycles. The molecule has 0 radical (unpaired) electrons. The molecule has 4 heteroatoms. The maximum absolute atomic E-state index is 5.11. The molecule has 0 spiro atoms. The molecule has 86 valence electrons. The van der Waals surface area contributed by atoms with E-state index in [4.69, 9.17) is 4.74 Å². The normalized spacial score (nSPS) is 15.6. The summed E-state index contributed by atoms with van der Waals surface area (Å²) < 4.78 is 5.11. The molecule has 1 saturated carbocycles. The van der Waals surface area contributed by atoms with E-state index in [9.17, 15) is 0 Å². The molecule has 0 aromatic carbocycles. The van der Waals surface area contributed by atoms with Gasteiger partial charge in [0.15, 0.2) is 0 Å². The first kappa shape index (κ1) is 11.1. The molecule has 0 saturated heterocycles. The number of methoxy groups -OCH3 is 1. The number of hydrogen-bond acceptors (Lipinski definition) is 4. The number of rotatable bonds is 6. The Balaban J connectivity index is 1.79. The van der Waals surface area contributed by atoms with Gasteiger partial charge in [0, 0.05) is 18.4 Å². The van der Waals surface area contributed by atoms with Crippen molar-refractivity contribution in [2.24, 2.45) is 0 Å². The van der Waals surface area contributed by atoms with Crippen LogP contribution in [0.4, 0.5) is 0 Å². The van der Waals surface area contributed by atoms with Gasteiger partial charge in [-0.2, -0.15) is 0 Å². The molecule has 1 aliphatic rings. The molecule has 0 bridgehead atoms. The van der Waals surface area contributed by atoms with E-state index in [-0.39, 0.29) is 0 Å². The second-order valence-corrected chi connectivity index (χ2v) is 3.87. The maximum atomic E-state index is 5.11. The second-order valence-electron chi connectivity index (χ2n) is 3.87. The van der Waals surface area contributed by atoms with Crippen molar-refractivity contribution in [2.45, 2.75) is 25.3 Å². The van der Waals surface area contributed by atoms with Gasteiger partial charge in [-0.1, -0.05) is 6.08 Å². The van der Waals surface area contributed by atoms with Gasteiger partial charge in [-0.05, 0) is 31.9 Å². The minimum Gasteiger partial charge on any atom is -0.479 e. The molecular formula is C12H17N3O. The number of ether oxygens (including phenoxy) is 1. The largest absolute Gasteiger partial charge is 0.479 e. The summed E-state index contributed by atoms with van der Waals surface area (Å²) in [6.45, 7) is 1.03. The molecule has 1 aromatic rings. The van der Waals surface area contributed by atoms with E-state index in [0.29, 0.717) is 5.88 Å². The van der Waals surface area contributed by atoms with Crippen molar-refractivity contribution in [3.63, 3.8) is 0 Å². The van der Waals surface area contributed by atoms with E-state index in [0.717, 1.165) is 24.7 Å². The van der Waals surface area contributed by atoms with Gasteiger partial charge in [-0.15, -0.1) is 0 Å². The molecule has 4 nitrogen and oxygen atoms in total. The van der Waals surface area contributed by atoms with Crippen LogP contribution in [0.5, 0.6) is 5.88 Å². The average molecular weight is 219 g/mol. The van der Waals surface area contributed by atoms with Crippen LogP contribution < -0.4 is 10.1 Å². The fraction of sp³-hybridized carbons (Fsp3) is 0.500. The number of nitrogens with zero attached hydrogens (tertiary/aromatic N) is 2. The lowest BCUT2D eigenvalue weighted by Crippen LogP contribution is -2.16. The third kappa shape index (κ3) is 3.31. The Hall–Kier alpha value is -1.42. The Bertz CT molecular complexity index is 361. The standard InChI is InChI=1S/C12H17N3O/c1-16-12-11(14-8-9-15-12)4-2-3-7-13-10-5-6-10/h2,4,8-10,13H,3,5-7H2,1H3/b4-2+. The van der Waals surface area contributed by atoms with Crippen LogP contribution in [0.3, 0.4) is 0 Å². The number of nitrogens with one attached hydrogen (secondary N) is 1. The second kappa shape index (κ2) is 5.61. The van der Waals surface area contributed by atoms with Gasteiger partial charge in [0.1, 0.15) is 5.69 Å². The van der Waals surface area contributed by atoms with Crippen molar-refractivity contribution in [1.82, 2.24) is 15.3 Å². The van der Waals surface area contributed by atoms with Crippen LogP contribution in [-0.2, 0) is 0 Å². The molecule has 0 aliphatic heterocycles. The topological polar surface area (TPSA) is 47.0 Å². The molecule has 1 fully saturated rings. The van der Waals surface area contributed by atoms with Crippen LogP contribution in [0, 0.1) is 0 Å². The molecule has 1 N–H and O–H groups in total. The summed E-state index contributed by atoms with van der Waals surface area (Å²) in [6, 6.07) is 0.777. The lowest BCUT2D eigenvalue weighted by atomic mass is 10.3. The Kier molecular flexibility index (Phi) is 3.88. The summed E-state index contributed by atoms with van der Waals surface area (Å²) in [4.78, 5) is 8.28. The average Bonchev–Trinajstić information content (AvgIpc) is 3.13. The van der Waals surface area contributed by atoms with E-state index in [1.165, 1.54) is 12.8 Å². The van der Waals surface area contributed by atoms with Gasteiger partial charge in [0.2, 0.25) is 5.88 Å². The quantitative estimate of drug-likeness (QED) is 0.739. The zero-order valence-electron chi connectivity index (χ0n) is 9.52. The van der Waals surface area contributed by atoms with Gasteiger partial charge < -0.3 is 10.1 Å². The van der Waals surface area contributed by atoms with Crippen LogP contribution in [-0.4, -0.2) is 29.7 Å². The van der Waals surface area contributed by atoms with Crippen molar-refractivity contribution in [3.8, 4) is 5.88 Å². The zero-order chi connectivity index (χ0) is 11.2. The van der Waals surface area contributed by atoms with E-state index in [1.807, 2.05) is 6.08 Å². The van der Waals surface area contributed by atoms with E-state index in [2.05, 4.69) is 21.4 Å². The summed E-state index contributed by atoms with van der Waals surface area (Å²) in [5, 5.41) is 3.45. The molecular weight excluding hydrogens is 202 g/mol. The Morgan fingerprint density at radius 1 is 1.44 bits per heavy atom. The molecule has 1 heterocycles. The predicted octanol–water partition coefficient (Wildman–Crippen LogP) is 1.64. The molecule has 0 unspecified atom stereocenters. The first-order valence-electron chi connectivity index (χ1n) is 5.65. The van der Waals surface area contributed by atoms with Crippen molar-refractivity contribution >= 4 is 6.08 Å². The zero-order valence-corrected chi connectivity index (χ0v) is 9.52. The predicted molar refractivity (Wildman–Crippen MR) is 63.3 cm³/mol. The smallest absolute Gasteiger partial charge is 0.239 e. The van der Waals surface area contributed by atoms with Gasteiger partial charge in [0.05, 0.1) is 7.11 Å². The van der Waals surface area contributed by atoms with Crippen molar-refractivity contribution < 1.29 is 4.74 Å². The third-order valence-electron chi connectivity index (χ3n) is 2.48. The van der Waals surface area contributed by atoms with Crippen molar-refractivity contribution in [2.75, 3.05) is 13.7 Å².